The van der Waals surface area contributed by atoms with Crippen molar-refractivity contribution in [2.45, 2.75) is 19.0 Å². The van der Waals surface area contributed by atoms with Gasteiger partial charge in [-0.05, 0) is 35.1 Å². The highest BCUT2D eigenvalue weighted by atomic mass is 35.5. The summed E-state index contributed by atoms with van der Waals surface area (Å²) >= 11 is 1.81. The molecular formula is C18H23ClN4OS. The highest BCUT2D eigenvalue weighted by Crippen LogP contribution is 2.25. The van der Waals surface area contributed by atoms with Gasteiger partial charge in [-0.3, -0.25) is 14.7 Å². The van der Waals surface area contributed by atoms with E-state index in [9.17, 15) is 4.79 Å². The van der Waals surface area contributed by atoms with Gasteiger partial charge in [-0.1, -0.05) is 6.07 Å². The molecule has 1 unspecified atom stereocenters. The second kappa shape index (κ2) is 8.27. The van der Waals surface area contributed by atoms with Crippen molar-refractivity contribution in [2.75, 3.05) is 32.7 Å². The Hall–Kier alpha value is -1.47. The molecule has 25 heavy (non-hydrogen) atoms. The summed E-state index contributed by atoms with van der Waals surface area (Å²) < 4.78 is 0. The van der Waals surface area contributed by atoms with E-state index in [1.807, 2.05) is 28.5 Å². The Kier molecular flexibility index (Phi) is 6.06. The Morgan fingerprint density at radius 2 is 2.28 bits per heavy atom. The summed E-state index contributed by atoms with van der Waals surface area (Å²) in [5.74, 6) is 0.239. The molecule has 2 aliphatic heterocycles. The highest BCUT2D eigenvalue weighted by molar-refractivity contribution is 7.10. The fourth-order valence-corrected chi connectivity index (χ4v) is 4.46. The molecule has 134 valence electrons. The third-order valence-corrected chi connectivity index (χ3v) is 5.95. The van der Waals surface area contributed by atoms with Gasteiger partial charge in [-0.2, -0.15) is 0 Å². The van der Waals surface area contributed by atoms with E-state index in [2.05, 4.69) is 32.7 Å². The van der Waals surface area contributed by atoms with E-state index in [1.165, 1.54) is 16.0 Å². The topological polar surface area (TPSA) is 48.5 Å². The summed E-state index contributed by atoms with van der Waals surface area (Å²) in [6, 6.07) is 6.44. The third-order valence-electron chi connectivity index (χ3n) is 4.92. The van der Waals surface area contributed by atoms with E-state index in [4.69, 9.17) is 0 Å². The predicted octanol–water partition coefficient (Wildman–Crippen LogP) is 2.10. The number of hydrogen-bond acceptors (Lipinski definition) is 5. The van der Waals surface area contributed by atoms with Crippen LogP contribution in [0.5, 0.6) is 0 Å². The monoisotopic (exact) mass is 378 g/mol. The summed E-state index contributed by atoms with van der Waals surface area (Å²) in [6.07, 6.45) is 4.70. The van der Waals surface area contributed by atoms with Gasteiger partial charge in [0.25, 0.3) is 0 Å². The van der Waals surface area contributed by atoms with Crippen molar-refractivity contribution in [1.29, 1.82) is 0 Å². The van der Waals surface area contributed by atoms with Crippen LogP contribution in [0.25, 0.3) is 0 Å². The molecule has 0 aliphatic carbocycles. The molecule has 0 bridgehead atoms. The largest absolute Gasteiger partial charge is 0.337 e. The fraction of sp³-hybridized carbons (Fsp3) is 0.444. The Labute approximate surface area is 158 Å². The first-order valence-electron chi connectivity index (χ1n) is 8.49. The number of fused-ring (bicyclic) bond motifs is 1. The lowest BCUT2D eigenvalue weighted by atomic mass is 10.0. The number of rotatable bonds is 3. The van der Waals surface area contributed by atoms with Crippen LogP contribution in [-0.4, -0.2) is 53.4 Å². The number of amides is 1. The van der Waals surface area contributed by atoms with Crippen LogP contribution in [-0.2, 0) is 17.8 Å². The zero-order valence-electron chi connectivity index (χ0n) is 14.1. The molecule has 1 fully saturated rings. The van der Waals surface area contributed by atoms with Crippen molar-refractivity contribution in [3.05, 3.63) is 52.0 Å². The molecule has 0 radical (unpaired) electrons. The minimum absolute atomic E-state index is 0. The van der Waals surface area contributed by atoms with Crippen LogP contribution in [0.1, 0.15) is 22.0 Å². The van der Waals surface area contributed by atoms with E-state index in [0.717, 1.165) is 39.1 Å². The van der Waals surface area contributed by atoms with Gasteiger partial charge in [0, 0.05) is 56.0 Å². The number of thiophene rings is 1. The first-order valence-corrected chi connectivity index (χ1v) is 9.37. The molecule has 1 atom stereocenters. The molecule has 4 rings (SSSR count). The van der Waals surface area contributed by atoms with Crippen LogP contribution in [0, 0.1) is 0 Å². The first kappa shape index (κ1) is 18.3. The molecule has 5 nitrogen and oxygen atoms in total. The van der Waals surface area contributed by atoms with Crippen molar-refractivity contribution < 1.29 is 4.79 Å². The summed E-state index contributed by atoms with van der Waals surface area (Å²) in [5, 5.41) is 5.56. The van der Waals surface area contributed by atoms with Crippen molar-refractivity contribution >= 4 is 29.7 Å². The maximum Gasteiger partial charge on any atom is 0.237 e. The van der Waals surface area contributed by atoms with E-state index in [0.29, 0.717) is 6.54 Å². The zero-order valence-corrected chi connectivity index (χ0v) is 15.7. The molecule has 2 aromatic rings. The lowest BCUT2D eigenvalue weighted by Gasteiger charge is -2.37. The summed E-state index contributed by atoms with van der Waals surface area (Å²) in [4.78, 5) is 22.8. The molecule has 0 saturated carbocycles. The Bertz CT molecular complexity index is 708. The molecule has 1 N–H and O–H groups in total. The smallest absolute Gasteiger partial charge is 0.237 e. The minimum Gasteiger partial charge on any atom is -0.337 e. The normalized spacial score (nSPS) is 20.6. The molecule has 7 heteroatoms. The molecule has 0 spiro atoms. The van der Waals surface area contributed by atoms with Crippen LogP contribution < -0.4 is 5.32 Å². The second-order valence-corrected chi connectivity index (χ2v) is 7.41. The first-order chi connectivity index (χ1) is 11.8. The number of carbonyl (C=O) groups excluding carboxylic acids is 1. The summed E-state index contributed by atoms with van der Waals surface area (Å²) in [5.41, 5.74) is 2.50. The zero-order chi connectivity index (χ0) is 16.4. The Balaban J connectivity index is 0.00000182. The summed E-state index contributed by atoms with van der Waals surface area (Å²) in [6.45, 7) is 4.78. The van der Waals surface area contributed by atoms with Crippen molar-refractivity contribution in [2.24, 2.45) is 0 Å². The lowest BCUT2D eigenvalue weighted by molar-refractivity contribution is -0.134. The van der Waals surface area contributed by atoms with E-state index in [-0.39, 0.29) is 24.4 Å². The van der Waals surface area contributed by atoms with Gasteiger partial charge in [0.1, 0.15) is 0 Å². The Morgan fingerprint density at radius 3 is 3.12 bits per heavy atom. The second-order valence-electron chi connectivity index (χ2n) is 6.41. The lowest BCUT2D eigenvalue weighted by Crippen LogP contribution is -2.50. The molecule has 1 amide bonds. The van der Waals surface area contributed by atoms with Gasteiger partial charge < -0.3 is 10.2 Å². The number of halogens is 1. The van der Waals surface area contributed by atoms with Crippen LogP contribution in [0.2, 0.25) is 0 Å². The number of pyridine rings is 1. The number of aromatic nitrogens is 1. The molecular weight excluding hydrogens is 356 g/mol. The van der Waals surface area contributed by atoms with E-state index in [1.54, 1.807) is 6.20 Å². The molecule has 1 saturated heterocycles. The number of nitrogens with zero attached hydrogens (tertiary/aromatic N) is 3. The maximum absolute atomic E-state index is 12.8. The van der Waals surface area contributed by atoms with Crippen molar-refractivity contribution in [1.82, 2.24) is 20.1 Å². The van der Waals surface area contributed by atoms with Gasteiger partial charge in [-0.25, -0.2) is 0 Å². The molecule has 4 heterocycles. The van der Waals surface area contributed by atoms with Crippen molar-refractivity contribution in [3.63, 3.8) is 0 Å². The van der Waals surface area contributed by atoms with Crippen LogP contribution in [0.4, 0.5) is 0 Å². The number of nitrogens with one attached hydrogen (secondary N) is 1. The van der Waals surface area contributed by atoms with Gasteiger partial charge in [0.05, 0.1) is 6.54 Å². The van der Waals surface area contributed by atoms with Gasteiger partial charge in [-0.15, -0.1) is 23.7 Å². The average molecular weight is 379 g/mol. The summed E-state index contributed by atoms with van der Waals surface area (Å²) in [7, 11) is 0. The molecule has 2 aliphatic rings. The standard InChI is InChI=1S/C18H22N4OS.ClH/c23-18(22-7-3-17-15(12-22)4-9-24-17)13-21-8-6-20-11-16(21)14-2-1-5-19-10-14;/h1-2,4-5,9-10,16,20H,3,6-8,11-13H2;1H. The minimum atomic E-state index is 0. The highest BCUT2D eigenvalue weighted by Gasteiger charge is 2.28. The molecule has 0 aromatic carbocycles. The average Bonchev–Trinajstić information content (AvgIpc) is 3.10. The van der Waals surface area contributed by atoms with Crippen LogP contribution in [0.3, 0.4) is 0 Å². The molecule has 2 aromatic heterocycles. The van der Waals surface area contributed by atoms with E-state index < -0.39 is 0 Å². The van der Waals surface area contributed by atoms with Gasteiger partial charge >= 0.3 is 0 Å². The number of carbonyl (C=O) groups is 1. The Morgan fingerprint density at radius 1 is 1.36 bits per heavy atom. The van der Waals surface area contributed by atoms with Crippen molar-refractivity contribution in [3.8, 4) is 0 Å². The fourth-order valence-electron chi connectivity index (χ4n) is 3.57. The SMILES string of the molecule is Cl.O=C(CN1CCNCC1c1cccnc1)N1CCc2sccc2C1. The number of piperazine rings is 1. The van der Waals surface area contributed by atoms with Crippen LogP contribution in [0.15, 0.2) is 36.0 Å². The van der Waals surface area contributed by atoms with Gasteiger partial charge in [0.2, 0.25) is 5.91 Å². The quantitative estimate of drug-likeness (QED) is 0.888. The predicted molar refractivity (Wildman–Crippen MR) is 102 cm³/mol. The van der Waals surface area contributed by atoms with Crippen LogP contribution >= 0.6 is 23.7 Å². The third kappa shape index (κ3) is 4.03. The number of hydrogen-bond donors (Lipinski definition) is 1. The maximum atomic E-state index is 12.8. The van der Waals surface area contributed by atoms with E-state index >= 15 is 0 Å². The van der Waals surface area contributed by atoms with Gasteiger partial charge in [0.15, 0.2) is 0 Å².